The fraction of sp³-hybridized carbons (Fsp3) is 0.889. The first-order valence-electron chi connectivity index (χ1n) is 8.86. The lowest BCUT2D eigenvalue weighted by molar-refractivity contribution is -0.146. The highest BCUT2D eigenvalue weighted by Crippen LogP contribution is 2.30. The van der Waals surface area contributed by atoms with E-state index in [1.807, 2.05) is 23.6 Å². The van der Waals surface area contributed by atoms with Crippen molar-refractivity contribution in [2.75, 3.05) is 13.1 Å². The van der Waals surface area contributed by atoms with Gasteiger partial charge >= 0.3 is 0 Å². The smallest absolute Gasteiger partial charge is 0.226 e. The summed E-state index contributed by atoms with van der Waals surface area (Å²) in [5, 5.41) is 0. The lowest BCUT2D eigenvalue weighted by Gasteiger charge is -2.32. The van der Waals surface area contributed by atoms with Gasteiger partial charge in [-0.25, -0.2) is 0 Å². The fourth-order valence-corrected chi connectivity index (χ4v) is 3.76. The van der Waals surface area contributed by atoms with Gasteiger partial charge in [0.25, 0.3) is 0 Å². The minimum absolute atomic E-state index is 0.151. The number of nitrogens with zero attached hydrogens (tertiary/aromatic N) is 2. The van der Waals surface area contributed by atoms with Crippen LogP contribution < -0.4 is 0 Å². The van der Waals surface area contributed by atoms with Gasteiger partial charge in [0.05, 0.1) is 0 Å². The number of likely N-dealkylation sites (tertiary alicyclic amines) is 2. The molecule has 2 heterocycles. The lowest BCUT2D eigenvalue weighted by atomic mass is 9.92. The molecule has 2 rings (SSSR count). The Bertz CT molecular complexity index is 397. The van der Waals surface area contributed by atoms with E-state index in [9.17, 15) is 9.59 Å². The number of carbonyl (C=O) groups is 2. The molecule has 126 valence electrons. The van der Waals surface area contributed by atoms with Crippen molar-refractivity contribution in [1.82, 2.24) is 9.80 Å². The Hall–Kier alpha value is -1.06. The van der Waals surface area contributed by atoms with Crippen molar-refractivity contribution in [3.05, 3.63) is 0 Å². The van der Waals surface area contributed by atoms with E-state index in [-0.39, 0.29) is 23.7 Å². The Balaban J connectivity index is 2.01. The lowest BCUT2D eigenvalue weighted by Crippen LogP contribution is -2.46. The SMILES string of the molecule is C[C@@H]1CCN(C(=O)[C@H](C)[C@H](C)C(=O)N2CC[C@H](C)[C@@H]2C)[C@H]1C. The molecule has 0 aromatic heterocycles. The minimum Gasteiger partial charge on any atom is -0.339 e. The Morgan fingerprint density at radius 1 is 0.773 bits per heavy atom. The molecule has 6 atom stereocenters. The molecular formula is C18H32N2O2. The zero-order valence-electron chi connectivity index (χ0n) is 15.0. The molecule has 0 aromatic rings. The Morgan fingerprint density at radius 3 is 1.32 bits per heavy atom. The second-order valence-corrected chi connectivity index (χ2v) is 7.65. The molecule has 2 amide bonds. The third-order valence-corrected chi connectivity index (χ3v) is 6.38. The predicted molar refractivity (Wildman–Crippen MR) is 88.2 cm³/mol. The van der Waals surface area contributed by atoms with Gasteiger partial charge in [-0.05, 0) is 38.5 Å². The zero-order chi connectivity index (χ0) is 16.6. The fourth-order valence-electron chi connectivity index (χ4n) is 3.76. The summed E-state index contributed by atoms with van der Waals surface area (Å²) in [5.74, 6) is 0.949. The first-order chi connectivity index (χ1) is 10.3. The highest BCUT2D eigenvalue weighted by atomic mass is 16.2. The van der Waals surface area contributed by atoms with E-state index in [1.54, 1.807) is 0 Å². The highest BCUT2D eigenvalue weighted by Gasteiger charge is 2.39. The maximum absolute atomic E-state index is 12.8. The predicted octanol–water partition coefficient (Wildman–Crippen LogP) is 2.77. The summed E-state index contributed by atoms with van der Waals surface area (Å²) >= 11 is 0. The van der Waals surface area contributed by atoms with Gasteiger partial charge in [-0.3, -0.25) is 9.59 Å². The van der Waals surface area contributed by atoms with Gasteiger partial charge in [-0.1, -0.05) is 27.7 Å². The molecule has 0 N–H and O–H groups in total. The summed E-state index contributed by atoms with van der Waals surface area (Å²) in [6.45, 7) is 14.2. The van der Waals surface area contributed by atoms with Gasteiger partial charge in [-0.15, -0.1) is 0 Å². The highest BCUT2D eigenvalue weighted by molar-refractivity contribution is 5.87. The van der Waals surface area contributed by atoms with Gasteiger partial charge in [-0.2, -0.15) is 0 Å². The van der Waals surface area contributed by atoms with Crippen molar-refractivity contribution in [3.8, 4) is 0 Å². The van der Waals surface area contributed by atoms with Crippen LogP contribution in [0.3, 0.4) is 0 Å². The van der Waals surface area contributed by atoms with Crippen LogP contribution in [0.5, 0.6) is 0 Å². The quantitative estimate of drug-likeness (QED) is 0.804. The van der Waals surface area contributed by atoms with E-state index in [1.165, 1.54) is 0 Å². The molecule has 0 saturated carbocycles. The molecule has 0 aliphatic carbocycles. The maximum Gasteiger partial charge on any atom is 0.226 e. The molecule has 0 spiro atoms. The molecular weight excluding hydrogens is 276 g/mol. The molecule has 0 unspecified atom stereocenters. The second kappa shape index (κ2) is 6.59. The normalized spacial score (nSPS) is 34.8. The number of rotatable bonds is 3. The van der Waals surface area contributed by atoms with E-state index < -0.39 is 0 Å². The largest absolute Gasteiger partial charge is 0.339 e. The molecule has 0 bridgehead atoms. The monoisotopic (exact) mass is 308 g/mol. The van der Waals surface area contributed by atoms with E-state index in [2.05, 4.69) is 27.7 Å². The molecule has 4 nitrogen and oxygen atoms in total. The molecule has 2 fully saturated rings. The van der Waals surface area contributed by atoms with Crippen LogP contribution in [-0.4, -0.2) is 46.8 Å². The molecule has 0 aromatic carbocycles. The van der Waals surface area contributed by atoms with Crippen LogP contribution in [0.15, 0.2) is 0 Å². The molecule has 2 saturated heterocycles. The molecule has 4 heteroatoms. The van der Waals surface area contributed by atoms with Crippen molar-refractivity contribution in [2.45, 2.75) is 66.5 Å². The maximum atomic E-state index is 12.8. The van der Waals surface area contributed by atoms with Crippen LogP contribution in [0.2, 0.25) is 0 Å². The Morgan fingerprint density at radius 2 is 1.09 bits per heavy atom. The van der Waals surface area contributed by atoms with E-state index >= 15 is 0 Å². The summed E-state index contributed by atoms with van der Waals surface area (Å²) < 4.78 is 0. The summed E-state index contributed by atoms with van der Waals surface area (Å²) in [5.41, 5.74) is 0. The zero-order valence-corrected chi connectivity index (χ0v) is 15.0. The van der Waals surface area contributed by atoms with Crippen molar-refractivity contribution in [2.24, 2.45) is 23.7 Å². The number of hydrogen-bond acceptors (Lipinski definition) is 2. The van der Waals surface area contributed by atoms with Crippen molar-refractivity contribution < 1.29 is 9.59 Å². The Labute approximate surface area is 135 Å². The number of carbonyl (C=O) groups excluding carboxylic acids is 2. The van der Waals surface area contributed by atoms with Gasteiger partial charge in [0.1, 0.15) is 0 Å². The van der Waals surface area contributed by atoms with Crippen LogP contribution in [0, 0.1) is 23.7 Å². The van der Waals surface area contributed by atoms with Gasteiger partial charge < -0.3 is 9.80 Å². The van der Waals surface area contributed by atoms with E-state index in [4.69, 9.17) is 0 Å². The van der Waals surface area contributed by atoms with Crippen LogP contribution in [0.4, 0.5) is 0 Å². The van der Waals surface area contributed by atoms with E-state index in [0.29, 0.717) is 23.9 Å². The number of hydrogen-bond donors (Lipinski definition) is 0. The third-order valence-electron chi connectivity index (χ3n) is 6.38. The second-order valence-electron chi connectivity index (χ2n) is 7.65. The summed E-state index contributed by atoms with van der Waals surface area (Å²) in [6.07, 6.45) is 2.14. The van der Waals surface area contributed by atoms with Crippen LogP contribution in [-0.2, 0) is 9.59 Å². The first kappa shape index (κ1) is 17.3. The average molecular weight is 308 g/mol. The number of amides is 2. The van der Waals surface area contributed by atoms with Crippen LogP contribution >= 0.6 is 0 Å². The van der Waals surface area contributed by atoms with Crippen LogP contribution in [0.25, 0.3) is 0 Å². The van der Waals surface area contributed by atoms with Crippen LogP contribution in [0.1, 0.15) is 54.4 Å². The van der Waals surface area contributed by atoms with Crippen molar-refractivity contribution in [1.29, 1.82) is 0 Å². The first-order valence-corrected chi connectivity index (χ1v) is 8.86. The van der Waals surface area contributed by atoms with Crippen molar-refractivity contribution >= 4 is 11.8 Å². The van der Waals surface area contributed by atoms with Gasteiger partial charge in [0.15, 0.2) is 0 Å². The van der Waals surface area contributed by atoms with Crippen molar-refractivity contribution in [3.63, 3.8) is 0 Å². The molecule has 2 aliphatic rings. The Kier molecular flexibility index (Phi) is 5.18. The van der Waals surface area contributed by atoms with E-state index in [0.717, 1.165) is 25.9 Å². The van der Waals surface area contributed by atoms with Gasteiger partial charge in [0.2, 0.25) is 11.8 Å². The summed E-state index contributed by atoms with van der Waals surface area (Å²) in [7, 11) is 0. The molecule has 0 radical (unpaired) electrons. The topological polar surface area (TPSA) is 40.6 Å². The average Bonchev–Trinajstić information content (AvgIpc) is 3.00. The standard InChI is InChI=1S/C18H32N2O2/c1-11-7-9-19(15(11)5)17(21)13(3)14(4)18(22)20-10-8-12(2)16(20)6/h11-16H,7-10H2,1-6H3/t11-,12+,13-,14+,15-,16-/m0/s1. The summed E-state index contributed by atoms with van der Waals surface area (Å²) in [6, 6.07) is 0.589. The third kappa shape index (κ3) is 3.02. The molecule has 22 heavy (non-hydrogen) atoms. The van der Waals surface area contributed by atoms with Gasteiger partial charge in [0, 0.05) is 37.0 Å². The minimum atomic E-state index is -0.233. The molecule has 2 aliphatic heterocycles. The summed E-state index contributed by atoms with van der Waals surface area (Å²) in [4.78, 5) is 29.5.